The molecule has 3 aromatic rings. The maximum absolute atomic E-state index is 14.2. The molecule has 1 aliphatic rings. The molecule has 1 aromatic heterocycles. The SMILES string of the molecule is NC(=O)O[C@H]1C[C@H](N(CC(=O)NCc2cccc(Cl)c2F)C(=O)Cn2nc(C(N)=O)c3cc([N+](=O)[O-])ccc32)C1. The number of hydrogen-bond acceptors (Lipinski definition) is 8. The summed E-state index contributed by atoms with van der Waals surface area (Å²) >= 11 is 5.78. The smallest absolute Gasteiger partial charge is 0.404 e. The zero-order valence-corrected chi connectivity index (χ0v) is 21.5. The molecule has 14 nitrogen and oxygen atoms in total. The van der Waals surface area contributed by atoms with Crippen LogP contribution in [0.4, 0.5) is 14.9 Å². The molecule has 1 fully saturated rings. The standard InChI is InChI=1S/C24H23ClFN7O7/c25-17-3-1-2-12(21(17)26)9-29-19(34)10-31(14-6-15(7-14)40-24(28)37)20(35)11-32-18-5-4-13(33(38)39)8-16(18)22(30-32)23(27)36/h1-5,8,14-15H,6-7,9-11H2,(H2,27,36)(H2,28,37)(H,29,34)/t14-,15-. The second-order valence-electron chi connectivity index (χ2n) is 9.02. The molecule has 1 aliphatic carbocycles. The van der Waals surface area contributed by atoms with Crippen molar-refractivity contribution in [3.05, 3.63) is 68.6 Å². The third kappa shape index (κ3) is 6.09. The lowest BCUT2D eigenvalue weighted by atomic mass is 9.87. The monoisotopic (exact) mass is 575 g/mol. The Balaban J connectivity index is 1.54. The summed E-state index contributed by atoms with van der Waals surface area (Å²) in [5, 5.41) is 17.8. The number of ether oxygens (including phenoxy) is 1. The average Bonchev–Trinajstić information content (AvgIpc) is 3.23. The summed E-state index contributed by atoms with van der Waals surface area (Å²) in [5.41, 5.74) is 10.3. The number of rotatable bonds is 10. The van der Waals surface area contributed by atoms with E-state index in [1.807, 2.05) is 0 Å². The van der Waals surface area contributed by atoms with Crippen LogP contribution >= 0.6 is 11.6 Å². The number of nitrogens with two attached hydrogens (primary N) is 2. The predicted molar refractivity (Wildman–Crippen MR) is 137 cm³/mol. The highest BCUT2D eigenvalue weighted by Crippen LogP contribution is 2.29. The Kier molecular flexibility index (Phi) is 8.13. The van der Waals surface area contributed by atoms with E-state index in [4.69, 9.17) is 27.8 Å². The Morgan fingerprint density at radius 3 is 2.60 bits per heavy atom. The predicted octanol–water partition coefficient (Wildman–Crippen LogP) is 1.61. The van der Waals surface area contributed by atoms with Crippen molar-refractivity contribution in [2.75, 3.05) is 6.54 Å². The number of hydrogen-bond donors (Lipinski definition) is 3. The third-order valence-electron chi connectivity index (χ3n) is 6.40. The maximum atomic E-state index is 14.2. The minimum atomic E-state index is -0.973. The number of carbonyl (C=O) groups is 4. The van der Waals surface area contributed by atoms with Gasteiger partial charge in [0.05, 0.1) is 22.0 Å². The Bertz CT molecular complexity index is 1520. The second kappa shape index (κ2) is 11.5. The molecule has 40 heavy (non-hydrogen) atoms. The van der Waals surface area contributed by atoms with E-state index in [1.165, 1.54) is 35.2 Å². The van der Waals surface area contributed by atoms with Crippen LogP contribution in [0.5, 0.6) is 0 Å². The van der Waals surface area contributed by atoms with Crippen LogP contribution in [-0.2, 0) is 27.4 Å². The summed E-state index contributed by atoms with van der Waals surface area (Å²) < 4.78 is 20.3. The molecule has 1 heterocycles. The number of benzene rings is 2. The van der Waals surface area contributed by atoms with Crippen molar-refractivity contribution >= 4 is 52.0 Å². The molecule has 2 aromatic carbocycles. The van der Waals surface area contributed by atoms with Gasteiger partial charge in [-0.05, 0) is 12.1 Å². The number of non-ortho nitro benzene ring substituents is 1. The van der Waals surface area contributed by atoms with Crippen molar-refractivity contribution in [2.45, 2.75) is 38.1 Å². The van der Waals surface area contributed by atoms with Gasteiger partial charge in [-0.25, -0.2) is 9.18 Å². The van der Waals surface area contributed by atoms with Gasteiger partial charge in [0.15, 0.2) is 5.69 Å². The number of aromatic nitrogens is 2. The van der Waals surface area contributed by atoms with Crippen molar-refractivity contribution < 1.29 is 33.2 Å². The average molecular weight is 576 g/mol. The summed E-state index contributed by atoms with van der Waals surface area (Å²) in [7, 11) is 0. The number of primary amides is 2. The largest absolute Gasteiger partial charge is 0.446 e. The topological polar surface area (TPSA) is 206 Å². The van der Waals surface area contributed by atoms with E-state index in [2.05, 4.69) is 10.4 Å². The summed E-state index contributed by atoms with van der Waals surface area (Å²) in [5.74, 6) is -2.83. The molecular formula is C24H23ClFN7O7. The quantitative estimate of drug-likeness (QED) is 0.238. The van der Waals surface area contributed by atoms with Gasteiger partial charge in [0, 0.05) is 48.5 Å². The molecule has 16 heteroatoms. The van der Waals surface area contributed by atoms with E-state index in [0.717, 1.165) is 10.7 Å². The number of nitrogens with one attached hydrogen (secondary N) is 1. The van der Waals surface area contributed by atoms with Gasteiger partial charge >= 0.3 is 6.09 Å². The first-order valence-corrected chi connectivity index (χ1v) is 12.2. The number of nitro groups is 1. The van der Waals surface area contributed by atoms with Crippen LogP contribution in [0.3, 0.4) is 0 Å². The van der Waals surface area contributed by atoms with E-state index in [1.54, 1.807) is 0 Å². The molecule has 0 bridgehead atoms. The fourth-order valence-corrected chi connectivity index (χ4v) is 4.56. The fraction of sp³-hybridized carbons (Fsp3) is 0.292. The Labute approximate surface area is 230 Å². The van der Waals surface area contributed by atoms with Crippen LogP contribution in [0.2, 0.25) is 5.02 Å². The Morgan fingerprint density at radius 1 is 1.23 bits per heavy atom. The Morgan fingerprint density at radius 2 is 1.95 bits per heavy atom. The van der Waals surface area contributed by atoms with Gasteiger partial charge in [0.25, 0.3) is 11.6 Å². The van der Waals surface area contributed by atoms with Crippen LogP contribution in [-0.4, -0.2) is 62.1 Å². The number of nitro benzene ring substituents is 1. The van der Waals surface area contributed by atoms with Gasteiger partial charge in [0.1, 0.15) is 18.5 Å². The van der Waals surface area contributed by atoms with E-state index >= 15 is 0 Å². The van der Waals surface area contributed by atoms with E-state index in [0.29, 0.717) is 0 Å². The van der Waals surface area contributed by atoms with Crippen LogP contribution < -0.4 is 16.8 Å². The van der Waals surface area contributed by atoms with Crippen LogP contribution in [0.1, 0.15) is 28.9 Å². The van der Waals surface area contributed by atoms with Gasteiger partial charge < -0.3 is 26.4 Å². The third-order valence-corrected chi connectivity index (χ3v) is 6.69. The number of halogens is 2. The van der Waals surface area contributed by atoms with Gasteiger partial charge in [-0.15, -0.1) is 0 Å². The number of nitrogens with zero attached hydrogens (tertiary/aromatic N) is 4. The first-order valence-electron chi connectivity index (χ1n) is 11.8. The molecular weight excluding hydrogens is 553 g/mol. The van der Waals surface area contributed by atoms with Gasteiger partial charge in [-0.1, -0.05) is 23.7 Å². The molecule has 0 radical (unpaired) electrons. The van der Waals surface area contributed by atoms with Crippen LogP contribution in [0.25, 0.3) is 10.9 Å². The highest BCUT2D eigenvalue weighted by molar-refractivity contribution is 6.30. The lowest BCUT2D eigenvalue weighted by Crippen LogP contribution is -2.54. The molecule has 0 unspecified atom stereocenters. The van der Waals surface area contributed by atoms with Crippen LogP contribution in [0.15, 0.2) is 36.4 Å². The van der Waals surface area contributed by atoms with Crippen molar-refractivity contribution in [2.24, 2.45) is 11.5 Å². The van der Waals surface area contributed by atoms with E-state index in [-0.39, 0.29) is 52.3 Å². The fourth-order valence-electron chi connectivity index (χ4n) is 4.37. The number of amides is 4. The molecule has 0 spiro atoms. The van der Waals surface area contributed by atoms with E-state index < -0.39 is 59.8 Å². The molecule has 0 aliphatic heterocycles. The summed E-state index contributed by atoms with van der Waals surface area (Å²) in [6.45, 7) is -1.06. The minimum Gasteiger partial charge on any atom is -0.446 e. The maximum Gasteiger partial charge on any atom is 0.404 e. The minimum absolute atomic E-state index is 0.0842. The number of fused-ring (bicyclic) bond motifs is 1. The first-order chi connectivity index (χ1) is 18.9. The summed E-state index contributed by atoms with van der Waals surface area (Å²) in [4.78, 5) is 61.0. The highest BCUT2D eigenvalue weighted by Gasteiger charge is 2.39. The van der Waals surface area contributed by atoms with Crippen molar-refractivity contribution in [1.82, 2.24) is 20.0 Å². The zero-order valence-electron chi connectivity index (χ0n) is 20.7. The van der Waals surface area contributed by atoms with Gasteiger partial charge in [-0.2, -0.15) is 5.10 Å². The molecule has 5 N–H and O–H groups in total. The number of carbonyl (C=O) groups excluding carboxylic acids is 4. The lowest BCUT2D eigenvalue weighted by molar-refractivity contribution is -0.384. The molecule has 0 saturated heterocycles. The van der Waals surface area contributed by atoms with E-state index in [9.17, 15) is 33.7 Å². The van der Waals surface area contributed by atoms with Gasteiger partial charge in [-0.3, -0.25) is 29.2 Å². The van der Waals surface area contributed by atoms with Crippen molar-refractivity contribution in [3.8, 4) is 0 Å². The second-order valence-corrected chi connectivity index (χ2v) is 9.43. The molecule has 1 saturated carbocycles. The summed E-state index contributed by atoms with van der Waals surface area (Å²) in [6, 6.07) is 7.48. The molecule has 4 rings (SSSR count). The molecule has 210 valence electrons. The molecule has 4 amide bonds. The van der Waals surface area contributed by atoms with Crippen molar-refractivity contribution in [3.63, 3.8) is 0 Å². The lowest BCUT2D eigenvalue weighted by Gasteiger charge is -2.41. The van der Waals surface area contributed by atoms with Crippen LogP contribution in [0, 0.1) is 15.9 Å². The first kappa shape index (κ1) is 28.2. The Hall–Kier alpha value is -4.79. The zero-order chi connectivity index (χ0) is 29.1. The summed E-state index contributed by atoms with van der Waals surface area (Å²) in [6.07, 6.45) is -1.10. The highest BCUT2D eigenvalue weighted by atomic mass is 35.5. The van der Waals surface area contributed by atoms with Gasteiger partial charge in [0.2, 0.25) is 11.8 Å². The normalized spacial score (nSPS) is 16.1. The molecule has 0 atom stereocenters. The van der Waals surface area contributed by atoms with Crippen molar-refractivity contribution in [1.29, 1.82) is 0 Å².